The van der Waals surface area contributed by atoms with Crippen molar-refractivity contribution in [1.29, 1.82) is 0 Å². The Morgan fingerprint density at radius 1 is 0.794 bits per heavy atom. The van der Waals surface area contributed by atoms with Gasteiger partial charge in [-0.05, 0) is 48.0 Å². The monoisotopic (exact) mass is 450 g/mol. The van der Waals surface area contributed by atoms with E-state index in [0.717, 1.165) is 11.0 Å². The van der Waals surface area contributed by atoms with Gasteiger partial charge in [0.25, 0.3) is 0 Å². The summed E-state index contributed by atoms with van der Waals surface area (Å²) in [5.41, 5.74) is 3.05. The van der Waals surface area contributed by atoms with Crippen LogP contribution in [0, 0.1) is 0 Å². The highest BCUT2D eigenvalue weighted by molar-refractivity contribution is 5.95. The standard InChI is InChI=1S/C26H18N4O4/c31-21-13-19-11-17-7-6-15(27-17)10-16-8-9-18(28-16)12-20-22(14-4-2-1-3-5-14)25(32)24(30(20)34)26(33)23(21)29-19/h1-13,27,29,31-32,34H. The molecule has 166 valence electrons. The van der Waals surface area contributed by atoms with E-state index in [1.165, 1.54) is 6.07 Å². The Balaban J connectivity index is 1.85. The number of nitrogens with zero attached hydrogens (tertiary/aromatic N) is 2. The van der Waals surface area contributed by atoms with Crippen LogP contribution in [-0.4, -0.2) is 35.1 Å². The number of aromatic amines is 2. The van der Waals surface area contributed by atoms with E-state index in [1.807, 2.05) is 30.3 Å². The highest BCUT2D eigenvalue weighted by Crippen LogP contribution is 2.38. The van der Waals surface area contributed by atoms with Crippen molar-refractivity contribution in [1.82, 2.24) is 19.7 Å². The molecule has 8 bridgehead atoms. The predicted molar refractivity (Wildman–Crippen MR) is 131 cm³/mol. The fourth-order valence-corrected chi connectivity index (χ4v) is 4.25. The Kier molecular flexibility index (Phi) is 4.21. The molecule has 0 saturated carbocycles. The van der Waals surface area contributed by atoms with E-state index in [4.69, 9.17) is 0 Å². The number of benzene rings is 1. The van der Waals surface area contributed by atoms with Crippen molar-refractivity contribution in [2.45, 2.75) is 0 Å². The van der Waals surface area contributed by atoms with Gasteiger partial charge in [-0.3, -0.25) is 4.79 Å². The van der Waals surface area contributed by atoms with E-state index >= 15 is 0 Å². The van der Waals surface area contributed by atoms with Gasteiger partial charge in [-0.1, -0.05) is 30.3 Å². The van der Waals surface area contributed by atoms with Gasteiger partial charge in [0, 0.05) is 22.6 Å². The molecule has 0 fully saturated rings. The summed E-state index contributed by atoms with van der Waals surface area (Å²) in [6.45, 7) is 0. The topological polar surface area (TPSA) is 127 Å². The van der Waals surface area contributed by atoms with Crippen molar-refractivity contribution in [3.05, 3.63) is 88.3 Å². The van der Waals surface area contributed by atoms with Crippen LogP contribution in [0.2, 0.25) is 0 Å². The summed E-state index contributed by atoms with van der Waals surface area (Å²) in [6.07, 6.45) is 3.62. The van der Waals surface area contributed by atoms with Crippen LogP contribution >= 0.6 is 0 Å². The lowest BCUT2D eigenvalue weighted by Gasteiger charge is -2.00. The minimum absolute atomic E-state index is 0.153. The van der Waals surface area contributed by atoms with E-state index in [0.29, 0.717) is 27.2 Å². The molecule has 0 radical (unpaired) electrons. The molecule has 8 nitrogen and oxygen atoms in total. The number of aromatic nitrogens is 4. The highest BCUT2D eigenvalue weighted by Gasteiger charge is 2.21. The first-order valence-corrected chi connectivity index (χ1v) is 10.5. The van der Waals surface area contributed by atoms with Crippen molar-refractivity contribution in [2.24, 2.45) is 0 Å². The van der Waals surface area contributed by atoms with Gasteiger partial charge in [-0.15, -0.1) is 0 Å². The summed E-state index contributed by atoms with van der Waals surface area (Å²) >= 11 is 0. The third-order valence-electron chi connectivity index (χ3n) is 5.79. The number of rotatable bonds is 1. The number of fused-ring (bicyclic) bond motifs is 8. The average molecular weight is 450 g/mol. The fraction of sp³-hybridized carbons (Fsp3) is 0. The third-order valence-corrected chi connectivity index (χ3v) is 5.79. The van der Waals surface area contributed by atoms with Gasteiger partial charge in [0.15, 0.2) is 11.3 Å². The lowest BCUT2D eigenvalue weighted by Crippen LogP contribution is -2.04. The van der Waals surface area contributed by atoms with Crippen LogP contribution in [0.25, 0.3) is 56.4 Å². The van der Waals surface area contributed by atoms with Crippen molar-refractivity contribution in [3.8, 4) is 22.6 Å². The second-order valence-electron chi connectivity index (χ2n) is 8.05. The van der Waals surface area contributed by atoms with E-state index < -0.39 is 11.2 Å². The van der Waals surface area contributed by atoms with Crippen LogP contribution in [0.3, 0.4) is 0 Å². The minimum Gasteiger partial charge on any atom is -0.506 e. The molecule has 0 spiro atoms. The van der Waals surface area contributed by atoms with Crippen LogP contribution < -0.4 is 5.43 Å². The molecule has 0 saturated heterocycles. The predicted octanol–water partition coefficient (Wildman–Crippen LogP) is 4.85. The van der Waals surface area contributed by atoms with Gasteiger partial charge in [0.1, 0.15) is 11.3 Å². The maximum absolute atomic E-state index is 13.4. The molecule has 0 amide bonds. The van der Waals surface area contributed by atoms with Crippen molar-refractivity contribution in [3.63, 3.8) is 0 Å². The number of aromatic hydroxyl groups is 2. The molecule has 0 unspecified atom stereocenters. The van der Waals surface area contributed by atoms with Gasteiger partial charge in [-0.25, -0.2) is 4.98 Å². The molecule has 1 aliphatic rings. The van der Waals surface area contributed by atoms with Gasteiger partial charge in [-0.2, -0.15) is 4.73 Å². The van der Waals surface area contributed by atoms with Gasteiger partial charge in [0.2, 0.25) is 5.43 Å². The van der Waals surface area contributed by atoms with E-state index in [2.05, 4.69) is 15.0 Å². The SMILES string of the molecule is O=c1c2[nH]c(cc2O)cc2ccc(cc3nc(cc4c(-c5ccccc5)c(O)c1n4O)C=C3)[nH]2. The van der Waals surface area contributed by atoms with E-state index in [9.17, 15) is 20.2 Å². The zero-order valence-corrected chi connectivity index (χ0v) is 17.6. The zero-order chi connectivity index (χ0) is 23.4. The van der Waals surface area contributed by atoms with Crippen molar-refractivity contribution < 1.29 is 15.4 Å². The molecule has 1 aromatic carbocycles. The molecular weight excluding hydrogens is 432 g/mol. The zero-order valence-electron chi connectivity index (χ0n) is 17.6. The molecule has 0 atom stereocenters. The highest BCUT2D eigenvalue weighted by atomic mass is 16.5. The quantitative estimate of drug-likeness (QED) is 0.229. The van der Waals surface area contributed by atoms with Gasteiger partial charge < -0.3 is 25.4 Å². The summed E-state index contributed by atoms with van der Waals surface area (Å²) in [5.74, 6) is -0.700. The molecule has 0 aliphatic carbocycles. The number of H-pyrrole nitrogens is 2. The summed E-state index contributed by atoms with van der Waals surface area (Å²) in [4.78, 5) is 24.1. The van der Waals surface area contributed by atoms with E-state index in [1.54, 1.807) is 42.5 Å². The Labute approximate surface area is 191 Å². The van der Waals surface area contributed by atoms with Crippen LogP contribution in [0.5, 0.6) is 11.5 Å². The normalized spacial score (nSPS) is 11.9. The maximum Gasteiger partial charge on any atom is 0.236 e. The number of hydrogen-bond donors (Lipinski definition) is 5. The number of nitrogens with one attached hydrogen (secondary N) is 2. The van der Waals surface area contributed by atoms with Crippen molar-refractivity contribution in [2.75, 3.05) is 0 Å². The summed E-state index contributed by atoms with van der Waals surface area (Å²) < 4.78 is 0.643. The first kappa shape index (κ1) is 19.7. The lowest BCUT2D eigenvalue weighted by molar-refractivity contribution is 0.211. The van der Waals surface area contributed by atoms with Gasteiger partial charge in [0.05, 0.1) is 22.5 Å². The smallest absolute Gasteiger partial charge is 0.236 e. The Hall–Kier alpha value is -4.98. The third kappa shape index (κ3) is 3.08. The largest absolute Gasteiger partial charge is 0.506 e. The summed E-state index contributed by atoms with van der Waals surface area (Å²) in [6, 6.07) is 19.3. The van der Waals surface area contributed by atoms with Crippen LogP contribution in [-0.2, 0) is 0 Å². The molecular formula is C26H18N4O4. The molecule has 4 aromatic heterocycles. The Bertz CT molecular complexity index is 1810. The number of hydrogen-bond acceptors (Lipinski definition) is 5. The Morgan fingerprint density at radius 3 is 2.26 bits per heavy atom. The van der Waals surface area contributed by atoms with Crippen LogP contribution in [0.1, 0.15) is 11.4 Å². The Morgan fingerprint density at radius 2 is 1.50 bits per heavy atom. The first-order valence-electron chi connectivity index (χ1n) is 10.5. The molecule has 5 aromatic rings. The second-order valence-corrected chi connectivity index (χ2v) is 8.05. The van der Waals surface area contributed by atoms with Crippen LogP contribution in [0.4, 0.5) is 0 Å². The maximum atomic E-state index is 13.4. The fourth-order valence-electron chi connectivity index (χ4n) is 4.25. The van der Waals surface area contributed by atoms with Crippen LogP contribution in [0.15, 0.2) is 71.5 Å². The molecule has 5 N–H and O–H groups in total. The second kappa shape index (κ2) is 7.28. The molecule has 5 heterocycles. The molecule has 8 heteroatoms. The minimum atomic E-state index is -0.766. The summed E-state index contributed by atoms with van der Waals surface area (Å²) in [5, 5.41) is 32.6. The molecule has 34 heavy (non-hydrogen) atoms. The molecule has 6 rings (SSSR count). The van der Waals surface area contributed by atoms with E-state index in [-0.39, 0.29) is 27.9 Å². The van der Waals surface area contributed by atoms with Crippen molar-refractivity contribution >= 4 is 45.3 Å². The lowest BCUT2D eigenvalue weighted by atomic mass is 10.1. The van der Waals surface area contributed by atoms with Gasteiger partial charge >= 0.3 is 0 Å². The average Bonchev–Trinajstić information content (AvgIpc) is 3.58. The molecule has 1 aliphatic heterocycles. The summed E-state index contributed by atoms with van der Waals surface area (Å²) in [7, 11) is 0. The first-order chi connectivity index (χ1) is 16.5.